The van der Waals surface area contributed by atoms with Crippen LogP contribution >= 0.6 is 11.6 Å². The second kappa shape index (κ2) is 5.80. The molecule has 0 atom stereocenters. The van der Waals surface area contributed by atoms with Crippen LogP contribution in [0.1, 0.15) is 5.56 Å². The number of hydrogen-bond acceptors (Lipinski definition) is 4. The third-order valence-corrected chi connectivity index (χ3v) is 3.05. The number of phenols is 1. The Morgan fingerprint density at radius 3 is 2.79 bits per heavy atom. The van der Waals surface area contributed by atoms with E-state index < -0.39 is 0 Å². The minimum absolute atomic E-state index is 0.118. The number of halogens is 1. The van der Waals surface area contributed by atoms with Gasteiger partial charge < -0.3 is 15.3 Å². The summed E-state index contributed by atoms with van der Waals surface area (Å²) in [6.45, 7) is 0.485. The van der Waals surface area contributed by atoms with Crippen molar-refractivity contribution in [3.05, 3.63) is 47.1 Å². The maximum atomic E-state index is 9.86. The first-order valence-electron chi connectivity index (χ1n) is 5.92. The topological polar surface area (TPSA) is 48.4 Å². The van der Waals surface area contributed by atoms with Crippen LogP contribution in [0.4, 0.5) is 11.5 Å². The van der Waals surface area contributed by atoms with Crippen molar-refractivity contribution in [1.29, 1.82) is 0 Å². The van der Waals surface area contributed by atoms with Gasteiger partial charge in [0.15, 0.2) is 5.82 Å². The average molecular weight is 278 g/mol. The van der Waals surface area contributed by atoms with E-state index in [2.05, 4.69) is 10.3 Å². The maximum absolute atomic E-state index is 9.86. The van der Waals surface area contributed by atoms with Crippen molar-refractivity contribution in [3.8, 4) is 5.75 Å². The van der Waals surface area contributed by atoms with Crippen molar-refractivity contribution < 1.29 is 5.11 Å². The van der Waals surface area contributed by atoms with Crippen LogP contribution < -0.4 is 10.2 Å². The standard InChI is InChI=1S/C14H16ClN3O/c1-18(2)14-12(7-4-8-16-14)17-9-10-5-3-6-11(15)13(10)19/h3-8,17,19H,9H2,1-2H3. The molecular formula is C14H16ClN3O. The van der Waals surface area contributed by atoms with Gasteiger partial charge in [-0.15, -0.1) is 0 Å². The molecule has 4 nitrogen and oxygen atoms in total. The van der Waals surface area contributed by atoms with Gasteiger partial charge in [-0.2, -0.15) is 0 Å². The van der Waals surface area contributed by atoms with Crippen LogP contribution in [0.3, 0.4) is 0 Å². The molecule has 2 aromatic rings. The van der Waals surface area contributed by atoms with Crippen LogP contribution in [0.25, 0.3) is 0 Å². The second-order valence-electron chi connectivity index (χ2n) is 4.37. The first-order chi connectivity index (χ1) is 9.09. The summed E-state index contributed by atoms with van der Waals surface area (Å²) in [7, 11) is 3.87. The average Bonchev–Trinajstić information content (AvgIpc) is 2.40. The minimum Gasteiger partial charge on any atom is -0.506 e. The molecule has 100 valence electrons. The maximum Gasteiger partial charge on any atom is 0.151 e. The van der Waals surface area contributed by atoms with Gasteiger partial charge in [-0.3, -0.25) is 0 Å². The number of nitrogens with zero attached hydrogens (tertiary/aromatic N) is 2. The van der Waals surface area contributed by atoms with E-state index in [4.69, 9.17) is 11.6 Å². The third kappa shape index (κ3) is 3.09. The summed E-state index contributed by atoms with van der Waals surface area (Å²) in [6, 6.07) is 9.13. The van der Waals surface area contributed by atoms with E-state index in [1.54, 1.807) is 12.3 Å². The number of para-hydroxylation sites is 1. The van der Waals surface area contributed by atoms with Crippen molar-refractivity contribution in [3.63, 3.8) is 0 Å². The largest absolute Gasteiger partial charge is 0.506 e. The quantitative estimate of drug-likeness (QED) is 0.901. The number of nitrogens with one attached hydrogen (secondary N) is 1. The molecule has 1 aromatic heterocycles. The highest BCUT2D eigenvalue weighted by molar-refractivity contribution is 6.32. The van der Waals surface area contributed by atoms with E-state index in [0.29, 0.717) is 11.6 Å². The summed E-state index contributed by atoms with van der Waals surface area (Å²) >= 11 is 5.88. The second-order valence-corrected chi connectivity index (χ2v) is 4.78. The lowest BCUT2D eigenvalue weighted by Crippen LogP contribution is -2.13. The molecule has 1 heterocycles. The number of pyridine rings is 1. The van der Waals surface area contributed by atoms with Crippen molar-refractivity contribution in [1.82, 2.24) is 4.98 Å². The summed E-state index contributed by atoms with van der Waals surface area (Å²) in [5.41, 5.74) is 1.66. The number of anilines is 2. The van der Waals surface area contributed by atoms with Crippen LogP contribution in [0.2, 0.25) is 5.02 Å². The van der Waals surface area contributed by atoms with E-state index in [1.165, 1.54) is 0 Å². The molecule has 19 heavy (non-hydrogen) atoms. The minimum atomic E-state index is 0.118. The van der Waals surface area contributed by atoms with E-state index in [9.17, 15) is 5.11 Å². The molecular weight excluding hydrogens is 262 g/mol. The Morgan fingerprint density at radius 2 is 2.05 bits per heavy atom. The lowest BCUT2D eigenvalue weighted by molar-refractivity contribution is 0.469. The fraction of sp³-hybridized carbons (Fsp3) is 0.214. The summed E-state index contributed by atoms with van der Waals surface area (Å²) in [5.74, 6) is 0.968. The fourth-order valence-electron chi connectivity index (χ4n) is 1.78. The monoisotopic (exact) mass is 277 g/mol. The zero-order valence-corrected chi connectivity index (χ0v) is 11.6. The molecule has 0 saturated carbocycles. The number of aromatic hydroxyl groups is 1. The van der Waals surface area contributed by atoms with Gasteiger partial charge in [0.25, 0.3) is 0 Å². The van der Waals surface area contributed by atoms with Crippen LogP contribution in [-0.2, 0) is 6.54 Å². The summed E-state index contributed by atoms with van der Waals surface area (Å²) in [6.07, 6.45) is 1.75. The van der Waals surface area contributed by atoms with Gasteiger partial charge in [-0.25, -0.2) is 4.98 Å². The molecule has 2 N–H and O–H groups in total. The summed E-state index contributed by atoms with van der Waals surface area (Å²) < 4.78 is 0. The molecule has 0 aliphatic rings. The Morgan fingerprint density at radius 1 is 1.26 bits per heavy atom. The molecule has 0 saturated heterocycles. The molecule has 0 aliphatic carbocycles. The van der Waals surface area contributed by atoms with Crippen LogP contribution in [-0.4, -0.2) is 24.2 Å². The van der Waals surface area contributed by atoms with Gasteiger partial charge in [0.1, 0.15) is 5.75 Å². The highest BCUT2D eigenvalue weighted by atomic mass is 35.5. The molecule has 0 amide bonds. The van der Waals surface area contributed by atoms with Gasteiger partial charge in [-0.1, -0.05) is 23.7 Å². The van der Waals surface area contributed by atoms with E-state index >= 15 is 0 Å². The number of rotatable bonds is 4. The van der Waals surface area contributed by atoms with Crippen molar-refractivity contribution in [2.75, 3.05) is 24.3 Å². The first-order valence-corrected chi connectivity index (χ1v) is 6.30. The molecule has 0 radical (unpaired) electrons. The van der Waals surface area contributed by atoms with E-state index in [0.717, 1.165) is 17.1 Å². The molecule has 1 aromatic carbocycles. The smallest absolute Gasteiger partial charge is 0.151 e. The predicted molar refractivity (Wildman–Crippen MR) is 79.0 cm³/mol. The number of aromatic nitrogens is 1. The molecule has 0 spiro atoms. The Kier molecular flexibility index (Phi) is 4.12. The van der Waals surface area contributed by atoms with Gasteiger partial charge in [0.2, 0.25) is 0 Å². The summed E-state index contributed by atoms with van der Waals surface area (Å²) in [5, 5.41) is 13.5. The molecule has 0 fully saturated rings. The van der Waals surface area contributed by atoms with Crippen molar-refractivity contribution in [2.24, 2.45) is 0 Å². The number of phenolic OH excluding ortho intramolecular Hbond substituents is 1. The highest BCUT2D eigenvalue weighted by Gasteiger charge is 2.08. The Labute approximate surface area is 117 Å². The number of hydrogen-bond donors (Lipinski definition) is 2. The van der Waals surface area contributed by atoms with Gasteiger partial charge in [0.05, 0.1) is 10.7 Å². The van der Waals surface area contributed by atoms with Crippen molar-refractivity contribution in [2.45, 2.75) is 6.54 Å². The molecule has 0 unspecified atom stereocenters. The Bertz CT molecular complexity index is 572. The lowest BCUT2D eigenvalue weighted by atomic mass is 10.2. The Hall–Kier alpha value is -1.94. The SMILES string of the molecule is CN(C)c1ncccc1NCc1cccc(Cl)c1O. The van der Waals surface area contributed by atoms with E-state index in [1.807, 2.05) is 43.3 Å². The lowest BCUT2D eigenvalue weighted by Gasteiger charge is -2.17. The normalized spacial score (nSPS) is 10.3. The third-order valence-electron chi connectivity index (χ3n) is 2.75. The van der Waals surface area contributed by atoms with Crippen molar-refractivity contribution >= 4 is 23.1 Å². The zero-order chi connectivity index (χ0) is 13.8. The predicted octanol–water partition coefficient (Wildman–Crippen LogP) is 3.12. The van der Waals surface area contributed by atoms with Crippen LogP contribution in [0.15, 0.2) is 36.5 Å². The van der Waals surface area contributed by atoms with Gasteiger partial charge in [-0.05, 0) is 18.2 Å². The van der Waals surface area contributed by atoms with Gasteiger partial charge >= 0.3 is 0 Å². The van der Waals surface area contributed by atoms with Gasteiger partial charge in [0, 0.05) is 32.4 Å². The molecule has 2 rings (SSSR count). The molecule has 5 heteroatoms. The number of benzene rings is 1. The summed E-state index contributed by atoms with van der Waals surface area (Å²) in [4.78, 5) is 6.24. The molecule has 0 aliphatic heterocycles. The zero-order valence-electron chi connectivity index (χ0n) is 10.9. The van der Waals surface area contributed by atoms with E-state index in [-0.39, 0.29) is 5.75 Å². The molecule has 0 bridgehead atoms. The fourth-order valence-corrected chi connectivity index (χ4v) is 1.98. The van der Waals surface area contributed by atoms with Crippen LogP contribution in [0.5, 0.6) is 5.75 Å². The first kappa shape index (κ1) is 13.5. The Balaban J connectivity index is 2.17. The highest BCUT2D eigenvalue weighted by Crippen LogP contribution is 2.28. The van der Waals surface area contributed by atoms with Crippen LogP contribution in [0, 0.1) is 0 Å².